The second-order valence-electron chi connectivity index (χ2n) is 6.70. The molecule has 2 heterocycles. The van der Waals surface area contributed by atoms with E-state index in [-0.39, 0.29) is 18.4 Å². The predicted octanol–water partition coefficient (Wildman–Crippen LogP) is 4.98. The van der Waals surface area contributed by atoms with Crippen LogP contribution >= 0.6 is 0 Å². The van der Waals surface area contributed by atoms with Crippen molar-refractivity contribution in [3.05, 3.63) is 114 Å². The Hall–Kier alpha value is -4.32. The molecular formula is C25H20N2O4. The molecule has 2 aromatic heterocycles. The zero-order valence-electron chi connectivity index (χ0n) is 16.6. The highest BCUT2D eigenvalue weighted by Crippen LogP contribution is 2.23. The molecule has 4 rings (SSSR count). The minimum atomic E-state index is -0.353. The summed E-state index contributed by atoms with van der Waals surface area (Å²) in [6.07, 6.45) is 4.77. The Balaban J connectivity index is 1.57. The second kappa shape index (κ2) is 9.45. The molecule has 6 nitrogen and oxygen atoms in total. The highest BCUT2D eigenvalue weighted by molar-refractivity contribution is 6.29. The monoisotopic (exact) mass is 412 g/mol. The van der Waals surface area contributed by atoms with Crippen LogP contribution in [0.2, 0.25) is 0 Å². The van der Waals surface area contributed by atoms with Crippen molar-refractivity contribution in [2.45, 2.75) is 6.54 Å². The summed E-state index contributed by atoms with van der Waals surface area (Å²) in [5, 5.41) is 5.66. The summed E-state index contributed by atoms with van der Waals surface area (Å²) in [4.78, 5) is 25.9. The fourth-order valence-electron chi connectivity index (χ4n) is 3.07. The van der Waals surface area contributed by atoms with Crippen LogP contribution in [-0.4, -0.2) is 11.8 Å². The Morgan fingerprint density at radius 2 is 1.55 bits per heavy atom. The van der Waals surface area contributed by atoms with Gasteiger partial charge in [0, 0.05) is 0 Å². The minimum Gasteiger partial charge on any atom is -0.467 e. The van der Waals surface area contributed by atoms with Crippen LogP contribution < -0.4 is 10.6 Å². The number of nitrogens with one attached hydrogen (secondary N) is 2. The predicted molar refractivity (Wildman–Crippen MR) is 118 cm³/mol. The van der Waals surface area contributed by atoms with Crippen molar-refractivity contribution < 1.29 is 18.4 Å². The fourth-order valence-corrected chi connectivity index (χ4v) is 3.07. The first-order chi connectivity index (χ1) is 15.2. The van der Waals surface area contributed by atoms with Crippen LogP contribution in [0.15, 0.2) is 100 Å². The van der Waals surface area contributed by atoms with Gasteiger partial charge in [-0.15, -0.1) is 0 Å². The van der Waals surface area contributed by atoms with Crippen molar-refractivity contribution in [3.63, 3.8) is 0 Å². The highest BCUT2D eigenvalue weighted by Gasteiger charge is 2.17. The van der Waals surface area contributed by atoms with Gasteiger partial charge in [-0.2, -0.15) is 0 Å². The fraction of sp³-hybridized carbons (Fsp3) is 0.0400. The van der Waals surface area contributed by atoms with Gasteiger partial charge in [-0.3, -0.25) is 9.59 Å². The Morgan fingerprint density at radius 1 is 0.806 bits per heavy atom. The number of hydrogen-bond acceptors (Lipinski definition) is 4. The largest absolute Gasteiger partial charge is 0.467 e. The van der Waals surface area contributed by atoms with Gasteiger partial charge in [0.15, 0.2) is 0 Å². The van der Waals surface area contributed by atoms with Crippen molar-refractivity contribution in [2.24, 2.45) is 0 Å². The number of carbonyl (C=O) groups is 2. The second-order valence-corrected chi connectivity index (χ2v) is 6.70. The Kier molecular flexibility index (Phi) is 6.09. The van der Waals surface area contributed by atoms with Crippen LogP contribution in [0, 0.1) is 0 Å². The summed E-state index contributed by atoms with van der Waals surface area (Å²) in [5.41, 5.74) is 1.91. The summed E-state index contributed by atoms with van der Waals surface area (Å²) in [5.74, 6) is 0.526. The SMILES string of the molecule is O=C(Nc1ccccc1C(=O)NCc1ccco1)/C(=C/c1ccco1)c1ccccc1. The van der Waals surface area contributed by atoms with Crippen molar-refractivity contribution >= 4 is 29.2 Å². The molecular weight excluding hydrogens is 392 g/mol. The summed E-state index contributed by atoms with van der Waals surface area (Å²) in [7, 11) is 0. The molecule has 0 unspecified atom stereocenters. The number of benzene rings is 2. The van der Waals surface area contributed by atoms with Crippen LogP contribution in [0.25, 0.3) is 11.6 Å². The van der Waals surface area contributed by atoms with Gasteiger partial charge in [0.05, 0.1) is 35.9 Å². The molecule has 0 bridgehead atoms. The third-order valence-electron chi connectivity index (χ3n) is 4.58. The zero-order chi connectivity index (χ0) is 21.5. The lowest BCUT2D eigenvalue weighted by Crippen LogP contribution is -2.24. The molecule has 0 spiro atoms. The molecule has 0 aliphatic rings. The van der Waals surface area contributed by atoms with Gasteiger partial charge >= 0.3 is 0 Å². The lowest BCUT2D eigenvalue weighted by atomic mass is 10.0. The number of furan rings is 2. The van der Waals surface area contributed by atoms with Gasteiger partial charge in [-0.25, -0.2) is 0 Å². The summed E-state index contributed by atoms with van der Waals surface area (Å²) in [6, 6.07) is 23.2. The highest BCUT2D eigenvalue weighted by atomic mass is 16.3. The molecule has 0 atom stereocenters. The van der Waals surface area contributed by atoms with E-state index in [2.05, 4.69) is 10.6 Å². The number of para-hydroxylation sites is 1. The van der Waals surface area contributed by atoms with E-state index >= 15 is 0 Å². The molecule has 2 aromatic carbocycles. The van der Waals surface area contributed by atoms with Gasteiger partial charge in [-0.1, -0.05) is 42.5 Å². The molecule has 0 saturated carbocycles. The number of amides is 2. The van der Waals surface area contributed by atoms with E-state index in [0.29, 0.717) is 28.3 Å². The maximum Gasteiger partial charge on any atom is 0.256 e. The molecule has 154 valence electrons. The molecule has 4 aromatic rings. The number of anilines is 1. The molecule has 0 fully saturated rings. The van der Waals surface area contributed by atoms with Crippen molar-refractivity contribution in [1.82, 2.24) is 5.32 Å². The third-order valence-corrected chi connectivity index (χ3v) is 4.58. The normalized spacial score (nSPS) is 11.2. The first-order valence-corrected chi connectivity index (χ1v) is 9.72. The van der Waals surface area contributed by atoms with E-state index in [4.69, 9.17) is 8.83 Å². The maximum atomic E-state index is 13.2. The lowest BCUT2D eigenvalue weighted by Gasteiger charge is -2.13. The van der Waals surface area contributed by atoms with Crippen LogP contribution in [0.4, 0.5) is 5.69 Å². The molecule has 31 heavy (non-hydrogen) atoms. The van der Waals surface area contributed by atoms with Crippen molar-refractivity contribution in [1.29, 1.82) is 0 Å². The Bertz CT molecular complexity index is 1180. The first-order valence-electron chi connectivity index (χ1n) is 9.72. The van der Waals surface area contributed by atoms with E-state index in [1.165, 1.54) is 0 Å². The van der Waals surface area contributed by atoms with Gasteiger partial charge in [0.25, 0.3) is 11.8 Å². The Morgan fingerprint density at radius 3 is 2.29 bits per heavy atom. The standard InChI is InChI=1S/C25H20N2O4/c28-24(26-17-20-11-7-15-31-20)21-12-4-5-13-23(21)27-25(29)22(16-19-10-6-14-30-19)18-8-2-1-3-9-18/h1-16H,17H2,(H,26,28)(H,27,29)/b22-16+. The van der Waals surface area contributed by atoms with Crippen LogP contribution in [-0.2, 0) is 11.3 Å². The van der Waals surface area contributed by atoms with Crippen LogP contribution in [0.1, 0.15) is 27.4 Å². The zero-order valence-corrected chi connectivity index (χ0v) is 16.6. The van der Waals surface area contributed by atoms with Gasteiger partial charge in [-0.05, 0) is 48.0 Å². The topological polar surface area (TPSA) is 84.5 Å². The van der Waals surface area contributed by atoms with E-state index in [1.807, 2.05) is 30.3 Å². The molecule has 2 N–H and O–H groups in total. The Labute approximate surface area is 179 Å². The third kappa shape index (κ3) is 5.00. The average molecular weight is 412 g/mol. The molecule has 0 saturated heterocycles. The van der Waals surface area contributed by atoms with E-state index in [1.54, 1.807) is 67.1 Å². The summed E-state index contributed by atoms with van der Waals surface area (Å²) < 4.78 is 10.6. The molecule has 0 radical (unpaired) electrons. The maximum absolute atomic E-state index is 13.2. The number of rotatable bonds is 7. The van der Waals surface area contributed by atoms with E-state index < -0.39 is 0 Å². The van der Waals surface area contributed by atoms with Gasteiger partial charge < -0.3 is 19.5 Å². The van der Waals surface area contributed by atoms with E-state index in [0.717, 1.165) is 5.56 Å². The number of carbonyl (C=O) groups excluding carboxylic acids is 2. The number of hydrogen-bond donors (Lipinski definition) is 2. The van der Waals surface area contributed by atoms with Gasteiger partial charge in [0.1, 0.15) is 11.5 Å². The van der Waals surface area contributed by atoms with E-state index in [9.17, 15) is 9.59 Å². The molecule has 6 heteroatoms. The van der Waals surface area contributed by atoms with Crippen molar-refractivity contribution in [2.75, 3.05) is 5.32 Å². The summed E-state index contributed by atoms with van der Waals surface area (Å²) >= 11 is 0. The smallest absolute Gasteiger partial charge is 0.256 e. The minimum absolute atomic E-state index is 0.252. The lowest BCUT2D eigenvalue weighted by molar-refractivity contribution is -0.111. The summed E-state index contributed by atoms with van der Waals surface area (Å²) in [6.45, 7) is 0.252. The first kappa shape index (κ1) is 20.0. The van der Waals surface area contributed by atoms with Gasteiger partial charge in [0.2, 0.25) is 0 Å². The molecule has 0 aliphatic heterocycles. The van der Waals surface area contributed by atoms with Crippen LogP contribution in [0.3, 0.4) is 0 Å². The molecule has 2 amide bonds. The van der Waals surface area contributed by atoms with Crippen LogP contribution in [0.5, 0.6) is 0 Å². The average Bonchev–Trinajstić information content (AvgIpc) is 3.51. The van der Waals surface area contributed by atoms with Crippen molar-refractivity contribution in [3.8, 4) is 0 Å². The quantitative estimate of drug-likeness (QED) is 0.419. The molecule has 0 aliphatic carbocycles.